The molecule has 0 aliphatic carbocycles. The molecule has 12 aromatic rings. The van der Waals surface area contributed by atoms with Crippen LogP contribution < -0.4 is 4.90 Å². The van der Waals surface area contributed by atoms with Crippen LogP contribution in [-0.2, 0) is 0 Å². The first-order valence-corrected chi connectivity index (χ1v) is 21.5. The number of benzene rings is 10. The van der Waals surface area contributed by atoms with E-state index < -0.39 is 0 Å². The molecule has 0 aliphatic rings. The second-order valence-corrected chi connectivity index (χ2v) is 16.1. The Labute approximate surface area is 366 Å². The molecule has 0 spiro atoms. The Hall–Kier alpha value is -8.40. The molecule has 0 atom stereocenters. The smallest absolute Gasteiger partial charge is 0.143 e. The fourth-order valence-electron chi connectivity index (χ4n) is 9.41. The number of hydrogen-bond donors (Lipinski definition) is 0. The molecular formula is C60H40N2O. The van der Waals surface area contributed by atoms with Crippen LogP contribution in [0.4, 0.5) is 17.1 Å². The molecule has 0 saturated carbocycles. The first kappa shape index (κ1) is 36.5. The summed E-state index contributed by atoms with van der Waals surface area (Å²) >= 11 is 0. The average molecular weight is 805 g/mol. The van der Waals surface area contributed by atoms with Gasteiger partial charge in [-0.1, -0.05) is 176 Å². The average Bonchev–Trinajstić information content (AvgIpc) is 3.91. The first-order valence-electron chi connectivity index (χ1n) is 21.5. The lowest BCUT2D eigenvalue weighted by Gasteiger charge is -2.26. The maximum Gasteiger partial charge on any atom is 0.143 e. The molecule has 0 saturated heterocycles. The molecule has 2 heterocycles. The van der Waals surface area contributed by atoms with Crippen LogP contribution in [0.1, 0.15) is 0 Å². The van der Waals surface area contributed by atoms with Crippen molar-refractivity contribution in [2.75, 3.05) is 4.90 Å². The van der Waals surface area contributed by atoms with Gasteiger partial charge in [-0.25, -0.2) is 0 Å². The van der Waals surface area contributed by atoms with Crippen LogP contribution >= 0.6 is 0 Å². The minimum absolute atomic E-state index is 0.913. The van der Waals surface area contributed by atoms with E-state index in [1.54, 1.807) is 0 Å². The highest BCUT2D eigenvalue weighted by molar-refractivity contribution is 6.10. The number of anilines is 3. The minimum atomic E-state index is 0.913. The van der Waals surface area contributed by atoms with E-state index in [2.05, 4.69) is 240 Å². The molecule has 0 aliphatic heterocycles. The van der Waals surface area contributed by atoms with Gasteiger partial charge in [0.25, 0.3) is 0 Å². The van der Waals surface area contributed by atoms with Gasteiger partial charge in [0.1, 0.15) is 11.2 Å². The summed E-state index contributed by atoms with van der Waals surface area (Å²) in [5.74, 6) is 0. The predicted molar refractivity (Wildman–Crippen MR) is 264 cm³/mol. The van der Waals surface area contributed by atoms with Gasteiger partial charge in [-0.05, 0) is 100 Å². The topological polar surface area (TPSA) is 21.3 Å². The summed E-state index contributed by atoms with van der Waals surface area (Å²) in [6, 6.07) is 87.0. The highest BCUT2D eigenvalue weighted by Crippen LogP contribution is 2.40. The van der Waals surface area contributed by atoms with Crippen LogP contribution in [0.2, 0.25) is 0 Å². The fraction of sp³-hybridized carbons (Fsp3) is 0. The molecular weight excluding hydrogens is 765 g/mol. The van der Waals surface area contributed by atoms with Crippen LogP contribution in [0.15, 0.2) is 247 Å². The highest BCUT2D eigenvalue weighted by Gasteiger charge is 2.17. The van der Waals surface area contributed by atoms with Crippen molar-refractivity contribution in [3.05, 3.63) is 243 Å². The van der Waals surface area contributed by atoms with E-state index >= 15 is 0 Å². The predicted octanol–water partition coefficient (Wildman–Crippen LogP) is 16.8. The lowest BCUT2D eigenvalue weighted by molar-refractivity contribution is 0.670. The fourth-order valence-corrected chi connectivity index (χ4v) is 9.41. The van der Waals surface area contributed by atoms with Gasteiger partial charge in [0.2, 0.25) is 0 Å². The molecule has 0 amide bonds. The van der Waals surface area contributed by atoms with Crippen LogP contribution in [0.3, 0.4) is 0 Å². The highest BCUT2D eigenvalue weighted by atomic mass is 16.3. The molecule has 0 fully saturated rings. The van der Waals surface area contributed by atoms with Gasteiger partial charge in [-0.2, -0.15) is 0 Å². The summed E-state index contributed by atoms with van der Waals surface area (Å²) in [6.07, 6.45) is 0. The van der Waals surface area contributed by atoms with Crippen molar-refractivity contribution in [3.63, 3.8) is 0 Å². The number of nitrogens with zero attached hydrogens (tertiary/aromatic N) is 2. The molecule has 0 unspecified atom stereocenters. The lowest BCUT2D eigenvalue weighted by Crippen LogP contribution is -2.09. The van der Waals surface area contributed by atoms with Gasteiger partial charge in [-0.3, -0.25) is 0 Å². The molecule has 0 bridgehead atoms. The molecule has 12 rings (SSSR count). The molecule has 3 nitrogen and oxygen atoms in total. The Bertz CT molecular complexity index is 3550. The van der Waals surface area contributed by atoms with Gasteiger partial charge in [0.15, 0.2) is 0 Å². The lowest BCUT2D eigenvalue weighted by atomic mass is 9.97. The third kappa shape index (κ3) is 6.38. The molecule has 0 radical (unpaired) electrons. The molecule has 2 aromatic heterocycles. The van der Waals surface area contributed by atoms with E-state index in [1.165, 1.54) is 49.7 Å². The van der Waals surface area contributed by atoms with Gasteiger partial charge in [-0.15, -0.1) is 0 Å². The van der Waals surface area contributed by atoms with Crippen molar-refractivity contribution >= 4 is 60.8 Å². The summed E-state index contributed by atoms with van der Waals surface area (Å²) in [6.45, 7) is 0. The van der Waals surface area contributed by atoms with Gasteiger partial charge < -0.3 is 13.9 Å². The zero-order chi connectivity index (χ0) is 41.7. The summed E-state index contributed by atoms with van der Waals surface area (Å²) in [5, 5.41) is 4.81. The number of furan rings is 1. The Balaban J connectivity index is 0.844. The van der Waals surface area contributed by atoms with E-state index in [-0.39, 0.29) is 0 Å². The Morgan fingerprint density at radius 3 is 1.48 bits per heavy atom. The first-order chi connectivity index (χ1) is 31.2. The molecule has 63 heavy (non-hydrogen) atoms. The van der Waals surface area contributed by atoms with Crippen molar-refractivity contribution in [2.45, 2.75) is 0 Å². The number of para-hydroxylation sites is 6. The monoisotopic (exact) mass is 804 g/mol. The summed E-state index contributed by atoms with van der Waals surface area (Å²) in [5.41, 5.74) is 18.0. The van der Waals surface area contributed by atoms with E-state index in [1.807, 2.05) is 12.1 Å². The second kappa shape index (κ2) is 15.3. The van der Waals surface area contributed by atoms with Crippen LogP contribution in [0.5, 0.6) is 0 Å². The molecule has 296 valence electrons. The maximum absolute atomic E-state index is 6.34. The number of aromatic nitrogens is 1. The van der Waals surface area contributed by atoms with E-state index in [0.717, 1.165) is 61.3 Å². The normalized spacial score (nSPS) is 11.5. The number of rotatable bonds is 8. The molecule has 0 N–H and O–H groups in total. The molecule has 3 heteroatoms. The summed E-state index contributed by atoms with van der Waals surface area (Å²) in [7, 11) is 0. The summed E-state index contributed by atoms with van der Waals surface area (Å²) in [4.78, 5) is 2.32. The quantitative estimate of drug-likeness (QED) is 0.153. The zero-order valence-corrected chi connectivity index (χ0v) is 34.4. The Morgan fingerprint density at radius 2 is 0.778 bits per heavy atom. The van der Waals surface area contributed by atoms with Gasteiger partial charge in [0.05, 0.1) is 16.7 Å². The third-order valence-electron chi connectivity index (χ3n) is 12.4. The Morgan fingerprint density at radius 1 is 0.302 bits per heavy atom. The number of fused-ring (bicyclic) bond motifs is 6. The van der Waals surface area contributed by atoms with E-state index in [4.69, 9.17) is 4.42 Å². The SMILES string of the molecule is c1ccc(N(c2ccc(-c3ccc(-c4cccc5c4oc4ccccc45)cc3)cc2)c2ccc(-c3cccc(-c4ccccc4-n4c5ccccc5c5ccccc54)c3)cc2)cc1. The second-order valence-electron chi connectivity index (χ2n) is 16.1. The van der Waals surface area contributed by atoms with E-state index in [9.17, 15) is 0 Å². The maximum atomic E-state index is 6.34. The largest absolute Gasteiger partial charge is 0.455 e. The molecule has 10 aromatic carbocycles. The van der Waals surface area contributed by atoms with Crippen molar-refractivity contribution in [1.82, 2.24) is 4.57 Å². The minimum Gasteiger partial charge on any atom is -0.455 e. The van der Waals surface area contributed by atoms with Crippen molar-refractivity contribution < 1.29 is 4.42 Å². The van der Waals surface area contributed by atoms with Crippen molar-refractivity contribution in [3.8, 4) is 50.2 Å². The van der Waals surface area contributed by atoms with Crippen LogP contribution in [0.25, 0.3) is 93.9 Å². The third-order valence-corrected chi connectivity index (χ3v) is 12.4. The van der Waals surface area contributed by atoms with Gasteiger partial charge in [0, 0.05) is 49.7 Å². The van der Waals surface area contributed by atoms with Crippen molar-refractivity contribution in [2.24, 2.45) is 0 Å². The summed E-state index contributed by atoms with van der Waals surface area (Å²) < 4.78 is 8.75. The van der Waals surface area contributed by atoms with Crippen LogP contribution in [0, 0.1) is 0 Å². The van der Waals surface area contributed by atoms with Crippen LogP contribution in [-0.4, -0.2) is 4.57 Å². The standard InChI is InChI=1S/C60H40N2O/c1-2-16-47(17-3-1)61(48-36-32-42(33-37-48)41-28-30-44(31-29-41)51-22-13-23-55-54-21-7-11-27-59(54)63-60(51)55)49-38-34-43(35-39-49)45-14-12-15-46(40-45)50-18-4-8-24-56(50)62-57-25-9-5-19-52(57)53-20-6-10-26-58(53)62/h1-40H. The van der Waals surface area contributed by atoms with Crippen molar-refractivity contribution in [1.29, 1.82) is 0 Å². The Kier molecular flexibility index (Phi) is 8.83. The zero-order valence-electron chi connectivity index (χ0n) is 34.4. The number of hydrogen-bond acceptors (Lipinski definition) is 2. The van der Waals surface area contributed by atoms with E-state index in [0.29, 0.717) is 0 Å². The van der Waals surface area contributed by atoms with Gasteiger partial charge >= 0.3 is 0 Å².